The molecule has 1 amide bonds. The van der Waals surface area contributed by atoms with Crippen molar-refractivity contribution in [3.05, 3.63) is 24.3 Å². The zero-order valence-electron chi connectivity index (χ0n) is 17.3. The largest absolute Gasteiger partial charge is 0.352 e. The molecule has 0 radical (unpaired) electrons. The summed E-state index contributed by atoms with van der Waals surface area (Å²) < 4.78 is 51.0. The van der Waals surface area contributed by atoms with Gasteiger partial charge in [-0.05, 0) is 37.1 Å². The second-order valence-electron chi connectivity index (χ2n) is 7.66. The van der Waals surface area contributed by atoms with E-state index < -0.39 is 20.0 Å². The molecule has 1 fully saturated rings. The molecule has 1 saturated carbocycles. The molecule has 0 unspecified atom stereocenters. The molecule has 0 spiro atoms. The molecule has 29 heavy (non-hydrogen) atoms. The fourth-order valence-corrected chi connectivity index (χ4v) is 5.16. The van der Waals surface area contributed by atoms with E-state index in [0.29, 0.717) is 0 Å². The maximum Gasteiger partial charge on any atom is 0.242 e. The number of anilines is 1. The van der Waals surface area contributed by atoms with Crippen LogP contribution in [-0.2, 0) is 24.8 Å². The van der Waals surface area contributed by atoms with Crippen molar-refractivity contribution in [3.63, 3.8) is 0 Å². The minimum Gasteiger partial charge on any atom is -0.352 e. The summed E-state index contributed by atoms with van der Waals surface area (Å²) in [4.78, 5) is 12.6. The molecule has 1 aromatic carbocycles. The summed E-state index contributed by atoms with van der Waals surface area (Å²) in [7, 11) is -4.49. The van der Waals surface area contributed by atoms with Crippen LogP contribution in [0.25, 0.3) is 0 Å². The van der Waals surface area contributed by atoms with Gasteiger partial charge in [0.05, 0.1) is 16.8 Å². The van der Waals surface area contributed by atoms with Gasteiger partial charge in [-0.3, -0.25) is 9.10 Å². The molecule has 1 N–H and O–H groups in total. The lowest BCUT2D eigenvalue weighted by Gasteiger charge is -2.25. The molecule has 2 rings (SSSR count). The van der Waals surface area contributed by atoms with Crippen LogP contribution < -0.4 is 9.62 Å². The van der Waals surface area contributed by atoms with Gasteiger partial charge in [-0.25, -0.2) is 21.1 Å². The lowest BCUT2D eigenvalue weighted by Crippen LogP contribution is -2.44. The van der Waals surface area contributed by atoms with E-state index in [0.717, 1.165) is 53.4 Å². The van der Waals surface area contributed by atoms with Crippen molar-refractivity contribution in [2.75, 3.05) is 31.2 Å². The Bertz CT molecular complexity index is 888. The van der Waals surface area contributed by atoms with Gasteiger partial charge in [0, 0.05) is 20.1 Å². The number of hydrogen-bond donors (Lipinski definition) is 1. The van der Waals surface area contributed by atoms with Crippen molar-refractivity contribution in [3.8, 4) is 0 Å². The summed E-state index contributed by atoms with van der Waals surface area (Å²) in [6, 6.07) is 5.56. The minimum atomic E-state index is -3.72. The van der Waals surface area contributed by atoms with E-state index in [1.165, 1.54) is 44.8 Å². The average Bonchev–Trinajstić information content (AvgIpc) is 2.61. The number of carbonyl (C=O) groups excluding carboxylic acids is 1. The highest BCUT2D eigenvalue weighted by Crippen LogP contribution is 2.22. The Morgan fingerprint density at radius 2 is 1.48 bits per heavy atom. The van der Waals surface area contributed by atoms with Crippen LogP contribution in [0.2, 0.25) is 0 Å². The third kappa shape index (κ3) is 6.68. The molecular weight excluding hydrogens is 414 g/mol. The lowest BCUT2D eigenvalue weighted by atomic mass is 9.97. The van der Waals surface area contributed by atoms with Gasteiger partial charge >= 0.3 is 0 Å². The summed E-state index contributed by atoms with van der Waals surface area (Å²) in [5, 5.41) is 2.96. The first-order valence-corrected chi connectivity index (χ1v) is 13.1. The summed E-state index contributed by atoms with van der Waals surface area (Å²) in [6.45, 7) is -0.338. The van der Waals surface area contributed by atoms with Crippen molar-refractivity contribution < 1.29 is 21.6 Å². The second kappa shape index (κ2) is 9.90. The van der Waals surface area contributed by atoms with Gasteiger partial charge in [-0.2, -0.15) is 0 Å². The zero-order valence-corrected chi connectivity index (χ0v) is 18.9. The molecule has 0 heterocycles. The Labute approximate surface area is 174 Å². The van der Waals surface area contributed by atoms with Gasteiger partial charge < -0.3 is 5.32 Å². The fourth-order valence-electron chi connectivity index (χ4n) is 3.40. The molecule has 0 aliphatic heterocycles. The SMILES string of the molecule is CN(C)S(=O)(=O)c1ccc(N(CC(=O)NC2CCCCCCC2)S(C)(=O)=O)cc1. The molecule has 1 aromatic rings. The normalized spacial score (nSPS) is 16.8. The van der Waals surface area contributed by atoms with Crippen molar-refractivity contribution in [2.45, 2.75) is 55.9 Å². The van der Waals surface area contributed by atoms with Crippen molar-refractivity contribution in [1.29, 1.82) is 0 Å². The van der Waals surface area contributed by atoms with Gasteiger partial charge in [0.1, 0.15) is 6.54 Å². The number of rotatable bonds is 7. The molecular formula is C19H31N3O5S2. The van der Waals surface area contributed by atoms with E-state index >= 15 is 0 Å². The van der Waals surface area contributed by atoms with Crippen LogP contribution in [0.3, 0.4) is 0 Å². The summed E-state index contributed by atoms with van der Waals surface area (Å²) in [6.07, 6.45) is 8.49. The molecule has 8 nitrogen and oxygen atoms in total. The second-order valence-corrected chi connectivity index (χ2v) is 11.7. The van der Waals surface area contributed by atoms with Gasteiger partial charge in [-0.15, -0.1) is 0 Å². The Morgan fingerprint density at radius 1 is 0.966 bits per heavy atom. The first-order chi connectivity index (χ1) is 13.5. The van der Waals surface area contributed by atoms with E-state index in [9.17, 15) is 21.6 Å². The van der Waals surface area contributed by atoms with Gasteiger partial charge in [-0.1, -0.05) is 32.1 Å². The minimum absolute atomic E-state index is 0.0543. The van der Waals surface area contributed by atoms with Crippen LogP contribution in [0.15, 0.2) is 29.2 Å². The number of sulfonamides is 2. The Hall–Kier alpha value is -1.65. The molecule has 0 atom stereocenters. The summed E-state index contributed by atoms with van der Waals surface area (Å²) in [5.74, 6) is -0.356. The van der Waals surface area contributed by atoms with Crippen LogP contribution in [0.5, 0.6) is 0 Å². The molecule has 1 aliphatic rings. The third-order valence-corrected chi connectivity index (χ3v) is 8.03. The summed E-state index contributed by atoms with van der Waals surface area (Å²) >= 11 is 0. The smallest absolute Gasteiger partial charge is 0.242 e. The van der Waals surface area contributed by atoms with Crippen molar-refractivity contribution in [1.82, 2.24) is 9.62 Å². The monoisotopic (exact) mass is 445 g/mol. The number of amides is 1. The highest BCUT2D eigenvalue weighted by Gasteiger charge is 2.24. The number of nitrogens with zero attached hydrogens (tertiary/aromatic N) is 2. The standard InChI is InChI=1S/C19H31N3O5S2/c1-21(2)29(26,27)18-13-11-17(12-14-18)22(28(3,24)25)15-19(23)20-16-9-7-5-4-6-8-10-16/h11-14,16H,4-10,15H2,1-3H3,(H,20,23). The third-order valence-electron chi connectivity index (χ3n) is 5.06. The van der Waals surface area contributed by atoms with E-state index in [1.54, 1.807) is 0 Å². The highest BCUT2D eigenvalue weighted by atomic mass is 32.2. The van der Waals surface area contributed by atoms with E-state index in [1.807, 2.05) is 0 Å². The highest BCUT2D eigenvalue weighted by molar-refractivity contribution is 7.92. The van der Waals surface area contributed by atoms with Crippen molar-refractivity contribution >= 4 is 31.6 Å². The Kier molecular flexibility index (Phi) is 8.07. The lowest BCUT2D eigenvalue weighted by molar-refractivity contribution is -0.120. The Balaban J connectivity index is 2.14. The van der Waals surface area contributed by atoms with Crippen molar-refractivity contribution in [2.24, 2.45) is 0 Å². The zero-order chi connectivity index (χ0) is 21.7. The van der Waals surface area contributed by atoms with E-state index in [-0.39, 0.29) is 29.1 Å². The molecule has 0 bridgehead atoms. The quantitative estimate of drug-likeness (QED) is 0.691. The van der Waals surface area contributed by atoms with E-state index in [4.69, 9.17) is 0 Å². The van der Waals surface area contributed by atoms with Gasteiger partial charge in [0.15, 0.2) is 0 Å². The van der Waals surface area contributed by atoms with Gasteiger partial charge in [0.25, 0.3) is 0 Å². The Morgan fingerprint density at radius 3 is 1.97 bits per heavy atom. The van der Waals surface area contributed by atoms with Crippen LogP contribution in [-0.4, -0.2) is 60.0 Å². The summed E-state index contributed by atoms with van der Waals surface area (Å²) in [5.41, 5.74) is 0.248. The van der Waals surface area contributed by atoms with Crippen LogP contribution in [0.4, 0.5) is 5.69 Å². The molecule has 164 valence electrons. The predicted octanol–water partition coefficient (Wildman–Crippen LogP) is 1.93. The van der Waals surface area contributed by atoms with Crippen LogP contribution in [0.1, 0.15) is 44.9 Å². The topological polar surface area (TPSA) is 104 Å². The average molecular weight is 446 g/mol. The molecule has 10 heteroatoms. The molecule has 1 aliphatic carbocycles. The van der Waals surface area contributed by atoms with Gasteiger partial charge in [0.2, 0.25) is 26.0 Å². The fraction of sp³-hybridized carbons (Fsp3) is 0.632. The first-order valence-electron chi connectivity index (χ1n) is 9.81. The number of carbonyl (C=O) groups is 1. The van der Waals surface area contributed by atoms with E-state index in [2.05, 4.69) is 5.32 Å². The van der Waals surface area contributed by atoms with Crippen LogP contribution >= 0.6 is 0 Å². The molecule has 0 saturated heterocycles. The number of benzene rings is 1. The number of hydrogen-bond acceptors (Lipinski definition) is 5. The first kappa shape index (κ1) is 23.6. The molecule has 0 aromatic heterocycles. The number of nitrogens with one attached hydrogen (secondary N) is 1. The van der Waals surface area contributed by atoms with Crippen LogP contribution in [0, 0.1) is 0 Å². The maximum atomic E-state index is 12.5. The predicted molar refractivity (Wildman–Crippen MR) is 114 cm³/mol. The maximum absolute atomic E-state index is 12.5.